The number of methoxy groups -OCH3 is 1. The van der Waals surface area contributed by atoms with E-state index in [9.17, 15) is 18.0 Å². The van der Waals surface area contributed by atoms with Crippen LogP contribution in [0.1, 0.15) is 5.56 Å². The first-order valence-corrected chi connectivity index (χ1v) is 9.78. The Hall–Kier alpha value is -2.13. The molecule has 1 N–H and O–H groups in total. The van der Waals surface area contributed by atoms with Crippen LogP contribution in [0.15, 0.2) is 30.3 Å². The van der Waals surface area contributed by atoms with Gasteiger partial charge in [0.1, 0.15) is 6.04 Å². The number of sulfonamides is 1. The van der Waals surface area contributed by atoms with Crippen molar-refractivity contribution in [2.24, 2.45) is 0 Å². The van der Waals surface area contributed by atoms with Gasteiger partial charge < -0.3 is 15.0 Å². The molecular weight excluding hydrogens is 346 g/mol. The van der Waals surface area contributed by atoms with Crippen LogP contribution in [0.2, 0.25) is 0 Å². The van der Waals surface area contributed by atoms with Crippen molar-refractivity contribution in [3.8, 4) is 0 Å². The number of esters is 1. The highest BCUT2D eigenvalue weighted by Crippen LogP contribution is 2.08. The maximum Gasteiger partial charge on any atom is 0.328 e. The maximum absolute atomic E-state index is 12.4. The lowest BCUT2D eigenvalue weighted by Crippen LogP contribution is -2.55. The van der Waals surface area contributed by atoms with E-state index in [-0.39, 0.29) is 26.2 Å². The van der Waals surface area contributed by atoms with Crippen LogP contribution in [0.5, 0.6) is 0 Å². The van der Waals surface area contributed by atoms with Gasteiger partial charge >= 0.3 is 12.0 Å². The lowest BCUT2D eigenvalue weighted by molar-refractivity contribution is -0.142. The molecule has 1 heterocycles. The fraction of sp³-hybridized carbons (Fsp3) is 0.500. The molecule has 138 valence electrons. The first-order valence-electron chi connectivity index (χ1n) is 7.93. The van der Waals surface area contributed by atoms with Gasteiger partial charge in [-0.05, 0) is 5.56 Å². The minimum absolute atomic E-state index is 0.244. The van der Waals surface area contributed by atoms with Gasteiger partial charge in [-0.15, -0.1) is 0 Å². The molecule has 9 heteroatoms. The van der Waals surface area contributed by atoms with Crippen LogP contribution in [0.25, 0.3) is 0 Å². The number of carbonyl (C=O) groups is 2. The maximum atomic E-state index is 12.4. The standard InChI is InChI=1S/C16H23N3O5S/c1-24-15(20)14(12-13-6-4-3-5-7-13)17-16(21)18-8-10-19(11-9-18)25(2,22)23/h3-7,14H,8-12H2,1-2H3,(H,17,21)/t14-/m0/s1. The van der Waals surface area contributed by atoms with Crippen molar-refractivity contribution in [2.45, 2.75) is 12.5 Å². The topological polar surface area (TPSA) is 96.0 Å². The van der Waals surface area contributed by atoms with E-state index in [1.165, 1.54) is 16.3 Å². The first kappa shape index (κ1) is 19.2. The highest BCUT2D eigenvalue weighted by molar-refractivity contribution is 7.88. The molecule has 1 aromatic rings. The Labute approximate surface area is 147 Å². The van der Waals surface area contributed by atoms with E-state index < -0.39 is 28.1 Å². The van der Waals surface area contributed by atoms with E-state index in [0.29, 0.717) is 6.42 Å². The quantitative estimate of drug-likeness (QED) is 0.741. The normalized spacial score (nSPS) is 17.0. The molecular formula is C16H23N3O5S. The van der Waals surface area contributed by atoms with Crippen molar-refractivity contribution >= 4 is 22.0 Å². The number of carbonyl (C=O) groups excluding carboxylic acids is 2. The molecule has 25 heavy (non-hydrogen) atoms. The summed E-state index contributed by atoms with van der Waals surface area (Å²) in [5.41, 5.74) is 0.903. The van der Waals surface area contributed by atoms with E-state index in [2.05, 4.69) is 5.32 Å². The number of piperazine rings is 1. The molecule has 2 amide bonds. The molecule has 0 bridgehead atoms. The fourth-order valence-electron chi connectivity index (χ4n) is 2.65. The summed E-state index contributed by atoms with van der Waals surface area (Å²) in [6.07, 6.45) is 1.47. The zero-order valence-corrected chi connectivity index (χ0v) is 15.2. The molecule has 2 rings (SSSR count). The molecule has 8 nitrogen and oxygen atoms in total. The van der Waals surface area contributed by atoms with Crippen LogP contribution in [0.3, 0.4) is 0 Å². The minimum atomic E-state index is -3.26. The summed E-state index contributed by atoms with van der Waals surface area (Å²) in [5.74, 6) is -0.521. The number of rotatable bonds is 5. The highest BCUT2D eigenvalue weighted by Gasteiger charge is 2.29. The first-order chi connectivity index (χ1) is 11.8. The predicted octanol–water partition coefficient (Wildman–Crippen LogP) is 0.0575. The van der Waals surface area contributed by atoms with Crippen LogP contribution >= 0.6 is 0 Å². The van der Waals surface area contributed by atoms with Gasteiger partial charge in [-0.25, -0.2) is 18.0 Å². The van der Waals surface area contributed by atoms with Gasteiger partial charge in [-0.1, -0.05) is 30.3 Å². The summed E-state index contributed by atoms with van der Waals surface area (Å²) in [5, 5.41) is 2.68. The van der Waals surface area contributed by atoms with Gasteiger partial charge in [-0.3, -0.25) is 0 Å². The lowest BCUT2D eigenvalue weighted by atomic mass is 10.1. The number of hydrogen-bond acceptors (Lipinski definition) is 5. The molecule has 1 aliphatic heterocycles. The van der Waals surface area contributed by atoms with Gasteiger partial charge in [0.15, 0.2) is 0 Å². The molecule has 0 unspecified atom stereocenters. The molecule has 0 aliphatic carbocycles. The number of ether oxygens (including phenoxy) is 1. The number of amides is 2. The Kier molecular flexibility index (Phi) is 6.38. The van der Waals surface area contributed by atoms with Crippen LogP contribution in [0.4, 0.5) is 4.79 Å². The molecule has 1 saturated heterocycles. The van der Waals surface area contributed by atoms with Gasteiger partial charge in [0, 0.05) is 32.6 Å². The Balaban J connectivity index is 1.97. The zero-order chi connectivity index (χ0) is 18.4. The Morgan fingerprint density at radius 1 is 1.16 bits per heavy atom. The number of nitrogens with one attached hydrogen (secondary N) is 1. The summed E-state index contributed by atoms with van der Waals surface area (Å²) < 4.78 is 29.1. The van der Waals surface area contributed by atoms with E-state index in [0.717, 1.165) is 11.8 Å². The smallest absolute Gasteiger partial charge is 0.328 e. The molecule has 0 saturated carbocycles. The average Bonchev–Trinajstić information content (AvgIpc) is 2.60. The zero-order valence-electron chi connectivity index (χ0n) is 14.3. The van der Waals surface area contributed by atoms with Crippen molar-refractivity contribution in [2.75, 3.05) is 39.5 Å². The van der Waals surface area contributed by atoms with Crippen LogP contribution in [-0.4, -0.2) is 75.2 Å². The summed E-state index contributed by atoms with van der Waals surface area (Å²) >= 11 is 0. The minimum Gasteiger partial charge on any atom is -0.467 e. The fourth-order valence-corrected chi connectivity index (χ4v) is 3.48. The largest absolute Gasteiger partial charge is 0.467 e. The van der Waals surface area contributed by atoms with Crippen molar-refractivity contribution in [1.29, 1.82) is 0 Å². The third-order valence-electron chi connectivity index (χ3n) is 4.06. The lowest BCUT2D eigenvalue weighted by Gasteiger charge is -2.34. The summed E-state index contributed by atoms with van der Waals surface area (Å²) in [4.78, 5) is 25.9. The Morgan fingerprint density at radius 2 is 1.76 bits per heavy atom. The highest BCUT2D eigenvalue weighted by atomic mass is 32.2. The van der Waals surface area contributed by atoms with Crippen molar-refractivity contribution in [1.82, 2.24) is 14.5 Å². The second-order valence-electron chi connectivity index (χ2n) is 5.86. The molecule has 0 aromatic heterocycles. The van der Waals surface area contributed by atoms with Gasteiger partial charge in [0.05, 0.1) is 13.4 Å². The number of nitrogens with zero attached hydrogens (tertiary/aromatic N) is 2. The van der Waals surface area contributed by atoms with Gasteiger partial charge in [0.25, 0.3) is 0 Å². The van der Waals surface area contributed by atoms with E-state index >= 15 is 0 Å². The molecule has 1 aliphatic rings. The van der Waals surface area contributed by atoms with Gasteiger partial charge in [-0.2, -0.15) is 4.31 Å². The van der Waals surface area contributed by atoms with Crippen LogP contribution in [0, 0.1) is 0 Å². The second-order valence-corrected chi connectivity index (χ2v) is 7.85. The van der Waals surface area contributed by atoms with Crippen LogP contribution in [-0.2, 0) is 26.0 Å². The third kappa shape index (κ3) is 5.43. The van der Waals surface area contributed by atoms with E-state index in [1.54, 1.807) is 0 Å². The molecule has 1 fully saturated rings. The Morgan fingerprint density at radius 3 is 2.28 bits per heavy atom. The van der Waals surface area contributed by atoms with Gasteiger partial charge in [0.2, 0.25) is 10.0 Å². The summed E-state index contributed by atoms with van der Waals surface area (Å²) in [6, 6.07) is 8.12. The van der Waals surface area contributed by atoms with Crippen LogP contribution < -0.4 is 5.32 Å². The number of urea groups is 1. The molecule has 1 atom stereocenters. The average molecular weight is 369 g/mol. The molecule has 1 aromatic carbocycles. The number of hydrogen-bond donors (Lipinski definition) is 1. The van der Waals surface area contributed by atoms with E-state index in [1.807, 2.05) is 30.3 Å². The van der Waals surface area contributed by atoms with Crippen molar-refractivity contribution < 1.29 is 22.7 Å². The predicted molar refractivity (Wildman–Crippen MR) is 92.5 cm³/mol. The second kappa shape index (κ2) is 8.30. The Bertz CT molecular complexity index is 700. The summed E-state index contributed by atoms with van der Waals surface area (Å²) in [6.45, 7) is 1.04. The molecule has 0 spiro atoms. The van der Waals surface area contributed by atoms with Crippen molar-refractivity contribution in [3.05, 3.63) is 35.9 Å². The van der Waals surface area contributed by atoms with E-state index in [4.69, 9.17) is 4.74 Å². The monoisotopic (exact) mass is 369 g/mol. The number of benzene rings is 1. The molecule has 0 radical (unpaired) electrons. The SMILES string of the molecule is COC(=O)[C@H](Cc1ccccc1)NC(=O)N1CCN(S(C)(=O)=O)CC1. The summed E-state index contributed by atoms with van der Waals surface area (Å²) in [7, 11) is -1.98. The third-order valence-corrected chi connectivity index (χ3v) is 5.36. The van der Waals surface area contributed by atoms with Crippen molar-refractivity contribution in [3.63, 3.8) is 0 Å².